The van der Waals surface area contributed by atoms with Crippen LogP contribution in [0.15, 0.2) is 0 Å². The number of nitrogens with one attached hydrogen (secondary N) is 1. The molecule has 1 saturated heterocycles. The molecule has 0 aromatic carbocycles. The third kappa shape index (κ3) is 2.44. The van der Waals surface area contributed by atoms with Crippen LogP contribution in [0.5, 0.6) is 0 Å². The maximum Gasteiger partial charge on any atom is 0.246 e. The zero-order valence-electron chi connectivity index (χ0n) is 10.6. The second kappa shape index (κ2) is 4.88. The first-order chi connectivity index (χ1) is 8.06. The summed E-state index contributed by atoms with van der Waals surface area (Å²) in [5.74, 6) is 1.36. The molecule has 0 radical (unpaired) electrons. The van der Waals surface area contributed by atoms with Crippen LogP contribution in [-0.2, 0) is 9.59 Å². The van der Waals surface area contributed by atoms with Gasteiger partial charge < -0.3 is 10.2 Å². The van der Waals surface area contributed by atoms with Crippen LogP contribution in [0, 0.1) is 5.92 Å². The minimum absolute atomic E-state index is 0.00514. The van der Waals surface area contributed by atoms with Crippen LogP contribution in [0.2, 0.25) is 0 Å². The summed E-state index contributed by atoms with van der Waals surface area (Å²) < 4.78 is 0. The summed E-state index contributed by atoms with van der Waals surface area (Å²) in [5, 5.41) is 2.87. The molecule has 1 aliphatic carbocycles. The first-order valence-electron chi connectivity index (χ1n) is 6.17. The molecule has 3 atom stereocenters. The zero-order valence-corrected chi connectivity index (χ0v) is 11.4. The summed E-state index contributed by atoms with van der Waals surface area (Å²) >= 11 is 1.71. The Hall–Kier alpha value is -0.710. The van der Waals surface area contributed by atoms with Gasteiger partial charge in [-0.25, -0.2) is 0 Å². The molecule has 2 amide bonds. The SMILES string of the molecule is CSCC(C)N1C(=O)C(C2CC2)NC(=O)C1C. The molecule has 17 heavy (non-hydrogen) atoms. The summed E-state index contributed by atoms with van der Waals surface area (Å²) in [6, 6.07) is -0.470. The van der Waals surface area contributed by atoms with Crippen LogP contribution in [0.4, 0.5) is 0 Å². The molecule has 0 spiro atoms. The molecular weight excluding hydrogens is 236 g/mol. The van der Waals surface area contributed by atoms with E-state index >= 15 is 0 Å². The van der Waals surface area contributed by atoms with Gasteiger partial charge in [0.2, 0.25) is 11.8 Å². The smallest absolute Gasteiger partial charge is 0.246 e. The highest BCUT2D eigenvalue weighted by Crippen LogP contribution is 2.35. The molecule has 2 rings (SSSR count). The highest BCUT2D eigenvalue weighted by Gasteiger charge is 2.46. The Labute approximate surface area is 106 Å². The quantitative estimate of drug-likeness (QED) is 0.812. The molecule has 2 aliphatic rings. The Bertz CT molecular complexity index is 330. The Morgan fingerprint density at radius 2 is 2.12 bits per heavy atom. The first kappa shape index (κ1) is 12.7. The lowest BCUT2D eigenvalue weighted by molar-refractivity contribution is -0.151. The minimum atomic E-state index is -0.334. The molecule has 1 N–H and O–H groups in total. The molecule has 2 fully saturated rings. The fourth-order valence-corrected chi connectivity index (χ4v) is 3.13. The number of piperazine rings is 1. The van der Waals surface area contributed by atoms with Gasteiger partial charge in [-0.15, -0.1) is 0 Å². The lowest BCUT2D eigenvalue weighted by Crippen LogP contribution is -2.65. The van der Waals surface area contributed by atoms with Gasteiger partial charge in [-0.05, 0) is 38.9 Å². The van der Waals surface area contributed by atoms with E-state index in [4.69, 9.17) is 0 Å². The number of rotatable bonds is 4. The summed E-state index contributed by atoms with van der Waals surface area (Å²) in [6.45, 7) is 3.83. The molecule has 3 unspecified atom stereocenters. The molecule has 0 bridgehead atoms. The predicted molar refractivity (Wildman–Crippen MR) is 68.8 cm³/mol. The van der Waals surface area contributed by atoms with Gasteiger partial charge in [-0.1, -0.05) is 0 Å². The van der Waals surface area contributed by atoms with Gasteiger partial charge in [0.15, 0.2) is 0 Å². The fraction of sp³-hybridized carbons (Fsp3) is 0.833. The maximum atomic E-state index is 12.4. The van der Waals surface area contributed by atoms with Crippen molar-refractivity contribution < 1.29 is 9.59 Å². The molecule has 1 aliphatic heterocycles. The minimum Gasteiger partial charge on any atom is -0.342 e. The average Bonchev–Trinajstić information content (AvgIpc) is 3.08. The van der Waals surface area contributed by atoms with Crippen molar-refractivity contribution in [2.45, 2.75) is 44.8 Å². The van der Waals surface area contributed by atoms with E-state index in [0.717, 1.165) is 18.6 Å². The van der Waals surface area contributed by atoms with Gasteiger partial charge in [0.1, 0.15) is 12.1 Å². The summed E-state index contributed by atoms with van der Waals surface area (Å²) in [5.41, 5.74) is 0. The van der Waals surface area contributed by atoms with Crippen molar-refractivity contribution in [1.82, 2.24) is 10.2 Å². The van der Waals surface area contributed by atoms with Crippen LogP contribution in [0.25, 0.3) is 0 Å². The van der Waals surface area contributed by atoms with Crippen LogP contribution in [0.1, 0.15) is 26.7 Å². The van der Waals surface area contributed by atoms with Crippen molar-refractivity contribution in [2.75, 3.05) is 12.0 Å². The third-order valence-electron chi connectivity index (χ3n) is 3.59. The van der Waals surface area contributed by atoms with Crippen molar-refractivity contribution in [3.8, 4) is 0 Å². The maximum absolute atomic E-state index is 12.4. The van der Waals surface area contributed by atoms with E-state index in [1.165, 1.54) is 0 Å². The monoisotopic (exact) mass is 256 g/mol. The summed E-state index contributed by atoms with van der Waals surface area (Å²) in [7, 11) is 0. The Morgan fingerprint density at radius 3 is 2.65 bits per heavy atom. The fourth-order valence-electron chi connectivity index (χ4n) is 2.48. The van der Waals surface area contributed by atoms with Crippen LogP contribution >= 0.6 is 11.8 Å². The topological polar surface area (TPSA) is 49.4 Å². The van der Waals surface area contributed by atoms with E-state index in [2.05, 4.69) is 5.32 Å². The highest BCUT2D eigenvalue weighted by molar-refractivity contribution is 7.98. The third-order valence-corrected chi connectivity index (χ3v) is 4.41. The average molecular weight is 256 g/mol. The highest BCUT2D eigenvalue weighted by atomic mass is 32.2. The van der Waals surface area contributed by atoms with Gasteiger partial charge in [0.25, 0.3) is 0 Å². The number of carbonyl (C=O) groups excluding carboxylic acids is 2. The summed E-state index contributed by atoms with van der Waals surface area (Å²) in [6.07, 6.45) is 4.15. The number of carbonyl (C=O) groups is 2. The van der Waals surface area contributed by atoms with Gasteiger partial charge in [0.05, 0.1) is 0 Å². The lowest BCUT2D eigenvalue weighted by atomic mass is 10.0. The molecular formula is C12H20N2O2S. The van der Waals surface area contributed by atoms with E-state index < -0.39 is 0 Å². The number of thioether (sulfide) groups is 1. The second-order valence-electron chi connectivity index (χ2n) is 5.05. The molecule has 5 heteroatoms. The van der Waals surface area contributed by atoms with Crippen molar-refractivity contribution >= 4 is 23.6 Å². The lowest BCUT2D eigenvalue weighted by Gasteiger charge is -2.41. The Kier molecular flexibility index (Phi) is 3.66. The normalized spacial score (nSPS) is 31.4. The first-order valence-corrected chi connectivity index (χ1v) is 7.57. The van der Waals surface area contributed by atoms with Gasteiger partial charge >= 0.3 is 0 Å². The molecule has 96 valence electrons. The van der Waals surface area contributed by atoms with Crippen molar-refractivity contribution in [3.63, 3.8) is 0 Å². The van der Waals surface area contributed by atoms with E-state index in [1.54, 1.807) is 16.7 Å². The number of nitrogens with zero attached hydrogens (tertiary/aromatic N) is 1. The van der Waals surface area contributed by atoms with Crippen LogP contribution < -0.4 is 5.32 Å². The summed E-state index contributed by atoms with van der Waals surface area (Å²) in [4.78, 5) is 26.0. The van der Waals surface area contributed by atoms with Crippen LogP contribution in [-0.4, -0.2) is 46.8 Å². The molecule has 1 saturated carbocycles. The Balaban J connectivity index is 2.14. The van der Waals surface area contributed by atoms with E-state index in [1.807, 2.05) is 20.1 Å². The zero-order chi connectivity index (χ0) is 12.6. The van der Waals surface area contributed by atoms with E-state index in [9.17, 15) is 9.59 Å². The number of hydrogen-bond acceptors (Lipinski definition) is 3. The van der Waals surface area contributed by atoms with Gasteiger partial charge in [-0.2, -0.15) is 11.8 Å². The van der Waals surface area contributed by atoms with Gasteiger partial charge in [0, 0.05) is 11.8 Å². The van der Waals surface area contributed by atoms with Crippen molar-refractivity contribution in [1.29, 1.82) is 0 Å². The second-order valence-corrected chi connectivity index (χ2v) is 5.96. The standard InChI is InChI=1S/C12H20N2O2S/c1-7(6-17-3)14-8(2)11(15)13-10(12(14)16)9-4-5-9/h7-10H,4-6H2,1-3H3,(H,13,15). The van der Waals surface area contributed by atoms with E-state index in [-0.39, 0.29) is 29.9 Å². The number of hydrogen-bond donors (Lipinski definition) is 1. The predicted octanol–water partition coefficient (Wildman–Crippen LogP) is 0.863. The number of amides is 2. The van der Waals surface area contributed by atoms with Crippen molar-refractivity contribution in [3.05, 3.63) is 0 Å². The molecule has 0 aromatic heterocycles. The van der Waals surface area contributed by atoms with Crippen molar-refractivity contribution in [2.24, 2.45) is 5.92 Å². The molecule has 4 nitrogen and oxygen atoms in total. The largest absolute Gasteiger partial charge is 0.342 e. The molecule has 1 heterocycles. The van der Waals surface area contributed by atoms with Crippen LogP contribution in [0.3, 0.4) is 0 Å². The van der Waals surface area contributed by atoms with Gasteiger partial charge in [-0.3, -0.25) is 9.59 Å². The molecule has 0 aromatic rings. The van der Waals surface area contributed by atoms with E-state index in [0.29, 0.717) is 5.92 Å². The Morgan fingerprint density at radius 1 is 1.47 bits per heavy atom.